The molecule has 6 heteroatoms. The second kappa shape index (κ2) is 5.37. The largest absolute Gasteiger partial charge is 0.319 e. The van der Waals surface area contributed by atoms with Gasteiger partial charge in [0.25, 0.3) is 0 Å². The van der Waals surface area contributed by atoms with E-state index in [0.717, 1.165) is 4.57 Å². The van der Waals surface area contributed by atoms with Gasteiger partial charge in [0.15, 0.2) is 0 Å². The van der Waals surface area contributed by atoms with E-state index in [2.05, 4.69) is 10.3 Å². The molecule has 3 nitrogen and oxygen atoms in total. The lowest BCUT2D eigenvalue weighted by Crippen LogP contribution is -2.16. The fraction of sp³-hybridized carbons (Fsp3) is 0.364. The number of rotatable bonds is 5. The number of thiophene rings is 1. The van der Waals surface area contributed by atoms with Crippen LogP contribution in [0.1, 0.15) is 22.8 Å². The van der Waals surface area contributed by atoms with Crippen molar-refractivity contribution in [3.05, 3.63) is 40.1 Å². The molecule has 0 unspecified atom stereocenters. The molecule has 2 heterocycles. The molecule has 0 atom stereocenters. The van der Waals surface area contributed by atoms with E-state index in [-0.39, 0.29) is 0 Å². The highest BCUT2D eigenvalue weighted by molar-refractivity contribution is 7.10. The third-order valence-corrected chi connectivity index (χ3v) is 3.52. The summed E-state index contributed by atoms with van der Waals surface area (Å²) in [5.74, 6) is 0.356. The number of aryl methyl sites for hydroxylation is 1. The van der Waals surface area contributed by atoms with E-state index in [1.807, 2.05) is 18.4 Å². The summed E-state index contributed by atoms with van der Waals surface area (Å²) in [7, 11) is 0. The van der Waals surface area contributed by atoms with E-state index in [1.165, 1.54) is 22.8 Å². The van der Waals surface area contributed by atoms with Crippen molar-refractivity contribution in [1.29, 1.82) is 0 Å². The number of nitrogens with zero attached hydrogens (tertiary/aromatic N) is 2. The third kappa shape index (κ3) is 2.89. The fourth-order valence-electron chi connectivity index (χ4n) is 1.53. The van der Waals surface area contributed by atoms with E-state index < -0.39 is 6.55 Å². The van der Waals surface area contributed by atoms with Gasteiger partial charge in [-0.3, -0.25) is 4.57 Å². The number of aromatic nitrogens is 2. The molecule has 17 heavy (non-hydrogen) atoms. The molecule has 1 N–H and O–H groups in total. The van der Waals surface area contributed by atoms with Gasteiger partial charge < -0.3 is 5.32 Å². The molecule has 0 bridgehead atoms. The van der Waals surface area contributed by atoms with Gasteiger partial charge in [-0.05, 0) is 23.9 Å². The van der Waals surface area contributed by atoms with Crippen LogP contribution in [0, 0.1) is 6.92 Å². The van der Waals surface area contributed by atoms with Crippen LogP contribution < -0.4 is 5.32 Å². The molecule has 2 aromatic heterocycles. The van der Waals surface area contributed by atoms with Crippen molar-refractivity contribution < 1.29 is 8.78 Å². The summed E-state index contributed by atoms with van der Waals surface area (Å²) in [6, 6.07) is 2.04. The monoisotopic (exact) mass is 257 g/mol. The lowest BCUT2D eigenvalue weighted by atomic mass is 10.3. The zero-order valence-electron chi connectivity index (χ0n) is 9.36. The van der Waals surface area contributed by atoms with Crippen LogP contribution in [-0.4, -0.2) is 9.55 Å². The predicted molar refractivity (Wildman–Crippen MR) is 63.1 cm³/mol. The molecule has 2 rings (SSSR count). The second-order valence-corrected chi connectivity index (χ2v) is 4.66. The highest BCUT2D eigenvalue weighted by Gasteiger charge is 2.10. The van der Waals surface area contributed by atoms with Gasteiger partial charge in [0.05, 0.1) is 6.54 Å². The number of nitrogens with one attached hydrogen (secondary N) is 1. The normalized spacial score (nSPS) is 11.3. The summed E-state index contributed by atoms with van der Waals surface area (Å²) < 4.78 is 25.9. The van der Waals surface area contributed by atoms with Crippen LogP contribution in [0.25, 0.3) is 0 Å². The zero-order chi connectivity index (χ0) is 12.3. The highest BCUT2D eigenvalue weighted by atomic mass is 32.1. The first kappa shape index (κ1) is 12.2. The summed E-state index contributed by atoms with van der Waals surface area (Å²) in [5.41, 5.74) is 1.22. The smallest absolute Gasteiger partial charge is 0.305 e. The van der Waals surface area contributed by atoms with Crippen molar-refractivity contribution in [2.75, 3.05) is 0 Å². The van der Waals surface area contributed by atoms with Crippen LogP contribution in [-0.2, 0) is 13.1 Å². The summed E-state index contributed by atoms with van der Waals surface area (Å²) in [6.45, 7) is 0.528. The van der Waals surface area contributed by atoms with Crippen LogP contribution in [0.3, 0.4) is 0 Å². The Morgan fingerprint density at radius 3 is 2.94 bits per heavy atom. The first-order valence-electron chi connectivity index (χ1n) is 5.22. The Labute approximate surface area is 102 Å². The van der Waals surface area contributed by atoms with Crippen LogP contribution in [0.15, 0.2) is 23.8 Å². The van der Waals surface area contributed by atoms with Gasteiger partial charge in [-0.2, -0.15) is 8.78 Å². The summed E-state index contributed by atoms with van der Waals surface area (Å²) in [4.78, 5) is 5.12. The molecule has 0 amide bonds. The Hall–Kier alpha value is -1.27. The lowest BCUT2D eigenvalue weighted by molar-refractivity contribution is 0.0666. The molecule has 0 aromatic carbocycles. The maximum atomic E-state index is 12.5. The number of halogens is 2. The molecule has 0 radical (unpaired) electrons. The van der Waals surface area contributed by atoms with Gasteiger partial charge in [-0.15, -0.1) is 11.3 Å². The number of hydrogen-bond donors (Lipinski definition) is 1. The molecule has 0 aliphatic carbocycles. The quantitative estimate of drug-likeness (QED) is 0.892. The minimum absolute atomic E-state index is 0.342. The van der Waals surface area contributed by atoms with E-state index in [0.29, 0.717) is 18.9 Å². The number of imidazole rings is 1. The minimum atomic E-state index is -2.53. The molecule has 0 saturated heterocycles. The van der Waals surface area contributed by atoms with Crippen molar-refractivity contribution in [2.24, 2.45) is 0 Å². The second-order valence-electron chi connectivity index (χ2n) is 3.66. The van der Waals surface area contributed by atoms with Crippen LogP contribution in [0.2, 0.25) is 0 Å². The summed E-state index contributed by atoms with van der Waals surface area (Å²) in [6.07, 6.45) is 2.68. The topological polar surface area (TPSA) is 29.9 Å². The zero-order valence-corrected chi connectivity index (χ0v) is 10.2. The van der Waals surface area contributed by atoms with E-state index in [9.17, 15) is 8.78 Å². The van der Waals surface area contributed by atoms with Crippen molar-refractivity contribution in [3.63, 3.8) is 0 Å². The van der Waals surface area contributed by atoms with E-state index in [1.54, 1.807) is 11.3 Å². The Morgan fingerprint density at radius 2 is 2.29 bits per heavy atom. The van der Waals surface area contributed by atoms with Crippen molar-refractivity contribution in [3.8, 4) is 0 Å². The van der Waals surface area contributed by atoms with Crippen LogP contribution in [0.5, 0.6) is 0 Å². The summed E-state index contributed by atoms with van der Waals surface area (Å²) >= 11 is 1.66. The Balaban J connectivity index is 1.90. The Bertz CT molecular complexity index is 479. The molecular formula is C11H13F2N3S. The van der Waals surface area contributed by atoms with Gasteiger partial charge in [-0.25, -0.2) is 4.98 Å². The molecule has 2 aromatic rings. The SMILES string of the molecule is Cc1ccsc1CNCc1nccn1C(F)F. The molecule has 92 valence electrons. The molecule has 0 aliphatic rings. The van der Waals surface area contributed by atoms with Crippen LogP contribution >= 0.6 is 11.3 Å². The molecular weight excluding hydrogens is 244 g/mol. The van der Waals surface area contributed by atoms with E-state index >= 15 is 0 Å². The molecule has 0 fully saturated rings. The van der Waals surface area contributed by atoms with Gasteiger partial charge >= 0.3 is 6.55 Å². The van der Waals surface area contributed by atoms with Gasteiger partial charge in [0.2, 0.25) is 0 Å². The number of hydrogen-bond acceptors (Lipinski definition) is 3. The number of alkyl halides is 2. The molecule has 0 spiro atoms. The third-order valence-electron chi connectivity index (χ3n) is 2.50. The van der Waals surface area contributed by atoms with Crippen molar-refractivity contribution >= 4 is 11.3 Å². The minimum Gasteiger partial charge on any atom is -0.305 e. The van der Waals surface area contributed by atoms with E-state index in [4.69, 9.17) is 0 Å². The lowest BCUT2D eigenvalue weighted by Gasteiger charge is -2.07. The highest BCUT2D eigenvalue weighted by Crippen LogP contribution is 2.16. The maximum absolute atomic E-state index is 12.5. The van der Waals surface area contributed by atoms with Crippen molar-refractivity contribution in [2.45, 2.75) is 26.6 Å². The van der Waals surface area contributed by atoms with Gasteiger partial charge in [0.1, 0.15) is 5.82 Å². The van der Waals surface area contributed by atoms with Crippen molar-refractivity contribution in [1.82, 2.24) is 14.9 Å². The first-order valence-corrected chi connectivity index (χ1v) is 6.10. The fourth-order valence-corrected chi connectivity index (χ4v) is 2.41. The van der Waals surface area contributed by atoms with Gasteiger partial charge in [0, 0.05) is 23.8 Å². The van der Waals surface area contributed by atoms with Crippen LogP contribution in [0.4, 0.5) is 8.78 Å². The predicted octanol–water partition coefficient (Wildman–Crippen LogP) is 2.94. The average Bonchev–Trinajstić information content (AvgIpc) is 2.88. The summed E-state index contributed by atoms with van der Waals surface area (Å²) in [5, 5.41) is 5.14. The maximum Gasteiger partial charge on any atom is 0.319 e. The Kier molecular flexibility index (Phi) is 3.86. The standard InChI is InChI=1S/C11H13F2N3S/c1-8-2-5-17-9(8)6-14-7-10-15-3-4-16(10)11(12)13/h2-5,11,14H,6-7H2,1H3. The molecule has 0 saturated carbocycles. The Morgan fingerprint density at radius 1 is 1.47 bits per heavy atom. The average molecular weight is 257 g/mol. The molecule has 0 aliphatic heterocycles. The van der Waals surface area contributed by atoms with Gasteiger partial charge in [-0.1, -0.05) is 0 Å². The first-order chi connectivity index (χ1) is 8.18.